The molecule has 0 aliphatic heterocycles. The number of rotatable bonds is 10. The van der Waals surface area contributed by atoms with Crippen LogP contribution < -0.4 is 15.4 Å². The standard InChI is InChI=1S/C29H39N5O3/c1-7-8-9-16-33(28(36)30-22-13-11-15-24(18-22)37-6)20-27(35)31-26-19-25(29(3,4)5)32-34(26)23-14-10-12-21(2)17-23/h10-15,17-19H,7-9,16,20H2,1-6H3,(H,30,36)(H,31,35). The molecule has 0 atom stereocenters. The van der Waals surface area contributed by atoms with Crippen molar-refractivity contribution in [3.63, 3.8) is 0 Å². The molecule has 0 unspecified atom stereocenters. The predicted molar refractivity (Wildman–Crippen MR) is 149 cm³/mol. The highest BCUT2D eigenvalue weighted by Crippen LogP contribution is 2.26. The van der Waals surface area contributed by atoms with Crippen LogP contribution in [-0.2, 0) is 10.2 Å². The number of benzene rings is 2. The number of anilines is 2. The summed E-state index contributed by atoms with van der Waals surface area (Å²) in [6.45, 7) is 10.8. The van der Waals surface area contributed by atoms with E-state index in [9.17, 15) is 9.59 Å². The van der Waals surface area contributed by atoms with Crippen LogP contribution >= 0.6 is 0 Å². The van der Waals surface area contributed by atoms with E-state index in [2.05, 4.69) is 38.3 Å². The third-order valence-electron chi connectivity index (χ3n) is 5.97. The molecule has 198 valence electrons. The average molecular weight is 506 g/mol. The van der Waals surface area contributed by atoms with Crippen LogP contribution in [-0.4, -0.2) is 46.8 Å². The summed E-state index contributed by atoms with van der Waals surface area (Å²) in [5.41, 5.74) is 3.23. The van der Waals surface area contributed by atoms with Gasteiger partial charge in [-0.15, -0.1) is 0 Å². The number of carbonyl (C=O) groups is 2. The fraction of sp³-hybridized carbons (Fsp3) is 0.414. The van der Waals surface area contributed by atoms with E-state index in [0.29, 0.717) is 23.8 Å². The van der Waals surface area contributed by atoms with Gasteiger partial charge in [0.05, 0.1) is 18.5 Å². The highest BCUT2D eigenvalue weighted by molar-refractivity contribution is 5.96. The number of nitrogens with zero attached hydrogens (tertiary/aromatic N) is 3. The van der Waals surface area contributed by atoms with Gasteiger partial charge < -0.3 is 20.3 Å². The first-order valence-corrected chi connectivity index (χ1v) is 12.8. The highest BCUT2D eigenvalue weighted by Gasteiger charge is 2.23. The van der Waals surface area contributed by atoms with Crippen molar-refractivity contribution >= 4 is 23.4 Å². The van der Waals surface area contributed by atoms with Gasteiger partial charge in [-0.2, -0.15) is 5.10 Å². The lowest BCUT2D eigenvalue weighted by atomic mass is 9.92. The quantitative estimate of drug-likeness (QED) is 0.324. The van der Waals surface area contributed by atoms with Gasteiger partial charge in [0.25, 0.3) is 0 Å². The Morgan fingerprint density at radius 2 is 1.78 bits per heavy atom. The van der Waals surface area contributed by atoms with Gasteiger partial charge in [0.1, 0.15) is 18.1 Å². The maximum atomic E-state index is 13.2. The molecule has 3 amide bonds. The summed E-state index contributed by atoms with van der Waals surface area (Å²) in [6.07, 6.45) is 2.80. The summed E-state index contributed by atoms with van der Waals surface area (Å²) in [5.74, 6) is 0.931. The van der Waals surface area contributed by atoms with Crippen molar-refractivity contribution in [2.24, 2.45) is 0 Å². The first-order valence-electron chi connectivity index (χ1n) is 12.8. The van der Waals surface area contributed by atoms with Crippen molar-refractivity contribution in [1.29, 1.82) is 0 Å². The van der Waals surface area contributed by atoms with E-state index >= 15 is 0 Å². The molecule has 0 aliphatic carbocycles. The zero-order valence-corrected chi connectivity index (χ0v) is 22.8. The molecule has 0 aliphatic rings. The number of urea groups is 1. The Morgan fingerprint density at radius 1 is 1.03 bits per heavy atom. The molecule has 2 N–H and O–H groups in total. The van der Waals surface area contributed by atoms with Crippen molar-refractivity contribution in [3.05, 3.63) is 65.9 Å². The van der Waals surface area contributed by atoms with E-state index in [1.165, 1.54) is 0 Å². The molecule has 8 nitrogen and oxygen atoms in total. The average Bonchev–Trinajstić information content (AvgIpc) is 3.28. The number of aromatic nitrogens is 2. The maximum Gasteiger partial charge on any atom is 0.322 e. The van der Waals surface area contributed by atoms with E-state index in [0.717, 1.165) is 36.2 Å². The van der Waals surface area contributed by atoms with Crippen molar-refractivity contribution in [2.75, 3.05) is 30.8 Å². The zero-order valence-electron chi connectivity index (χ0n) is 22.8. The minimum Gasteiger partial charge on any atom is -0.497 e. The third-order valence-corrected chi connectivity index (χ3v) is 5.97. The van der Waals surface area contributed by atoms with Gasteiger partial charge in [-0.05, 0) is 43.2 Å². The smallest absolute Gasteiger partial charge is 0.322 e. The molecule has 0 fully saturated rings. The van der Waals surface area contributed by atoms with E-state index in [4.69, 9.17) is 9.84 Å². The highest BCUT2D eigenvalue weighted by atomic mass is 16.5. The number of amides is 3. The second-order valence-electron chi connectivity index (χ2n) is 10.3. The molecule has 0 spiro atoms. The van der Waals surface area contributed by atoms with Crippen molar-refractivity contribution in [1.82, 2.24) is 14.7 Å². The summed E-state index contributed by atoms with van der Waals surface area (Å²) in [4.78, 5) is 27.9. The third kappa shape index (κ3) is 7.84. The zero-order chi connectivity index (χ0) is 27.0. The second kappa shape index (κ2) is 12.4. The maximum absolute atomic E-state index is 13.2. The second-order valence-corrected chi connectivity index (χ2v) is 10.3. The van der Waals surface area contributed by atoms with Gasteiger partial charge >= 0.3 is 6.03 Å². The summed E-state index contributed by atoms with van der Waals surface area (Å²) in [6, 6.07) is 16.7. The number of hydrogen-bond donors (Lipinski definition) is 2. The predicted octanol–water partition coefficient (Wildman–Crippen LogP) is 6.15. The molecule has 1 aromatic heterocycles. The molecule has 3 rings (SSSR count). The molecular weight excluding hydrogens is 466 g/mol. The molecular formula is C29H39N5O3. The fourth-order valence-electron chi connectivity index (χ4n) is 3.86. The topological polar surface area (TPSA) is 88.5 Å². The Kier molecular flexibility index (Phi) is 9.33. The molecule has 0 radical (unpaired) electrons. The summed E-state index contributed by atoms with van der Waals surface area (Å²) >= 11 is 0. The lowest BCUT2D eigenvalue weighted by Crippen LogP contribution is -2.41. The first kappa shape index (κ1) is 27.8. The van der Waals surface area contributed by atoms with Crippen LogP contribution in [0, 0.1) is 6.92 Å². The Hall–Kier alpha value is -3.81. The van der Waals surface area contributed by atoms with Gasteiger partial charge in [-0.1, -0.05) is 58.7 Å². The molecule has 0 bridgehead atoms. The summed E-state index contributed by atoms with van der Waals surface area (Å²) < 4.78 is 7.00. The fourth-order valence-corrected chi connectivity index (χ4v) is 3.86. The largest absolute Gasteiger partial charge is 0.497 e. The molecule has 8 heteroatoms. The molecule has 0 saturated carbocycles. The molecule has 2 aromatic carbocycles. The lowest BCUT2D eigenvalue weighted by molar-refractivity contribution is -0.116. The normalized spacial score (nSPS) is 11.2. The van der Waals surface area contributed by atoms with Gasteiger partial charge in [-0.25, -0.2) is 9.48 Å². The summed E-state index contributed by atoms with van der Waals surface area (Å²) in [7, 11) is 1.58. The number of ether oxygens (including phenoxy) is 1. The Morgan fingerprint density at radius 3 is 2.46 bits per heavy atom. The van der Waals surface area contributed by atoms with Gasteiger partial charge in [0.15, 0.2) is 0 Å². The minimum absolute atomic E-state index is 0.0800. The Balaban J connectivity index is 1.80. The van der Waals surface area contributed by atoms with Crippen LogP contribution in [0.5, 0.6) is 5.75 Å². The number of methoxy groups -OCH3 is 1. The van der Waals surface area contributed by atoms with E-state index in [1.54, 1.807) is 28.8 Å². The van der Waals surface area contributed by atoms with Crippen LogP contribution in [0.15, 0.2) is 54.6 Å². The van der Waals surface area contributed by atoms with E-state index in [1.807, 2.05) is 49.4 Å². The lowest BCUT2D eigenvalue weighted by Gasteiger charge is -2.23. The monoisotopic (exact) mass is 505 g/mol. The van der Waals surface area contributed by atoms with Crippen molar-refractivity contribution in [2.45, 2.75) is 59.3 Å². The molecule has 37 heavy (non-hydrogen) atoms. The number of aryl methyl sites for hydroxylation is 1. The number of hydrogen-bond acceptors (Lipinski definition) is 4. The van der Waals surface area contributed by atoms with E-state index in [-0.39, 0.29) is 23.9 Å². The molecule has 3 aromatic rings. The van der Waals surface area contributed by atoms with Gasteiger partial charge in [-0.3, -0.25) is 4.79 Å². The van der Waals surface area contributed by atoms with Crippen molar-refractivity contribution < 1.29 is 14.3 Å². The SMILES string of the molecule is CCCCCN(CC(=O)Nc1cc(C(C)(C)C)nn1-c1cccc(C)c1)C(=O)Nc1cccc(OC)c1. The Labute approximate surface area is 220 Å². The molecule has 1 heterocycles. The molecule has 0 saturated heterocycles. The van der Waals surface area contributed by atoms with Crippen molar-refractivity contribution in [3.8, 4) is 11.4 Å². The van der Waals surface area contributed by atoms with E-state index < -0.39 is 0 Å². The number of carbonyl (C=O) groups excluding carboxylic acids is 2. The Bertz CT molecular complexity index is 1210. The number of nitrogens with one attached hydrogen (secondary N) is 2. The summed E-state index contributed by atoms with van der Waals surface area (Å²) in [5, 5.41) is 10.7. The minimum atomic E-state index is -0.331. The first-order chi connectivity index (χ1) is 17.6. The van der Waals surface area contributed by atoms with Gasteiger partial charge in [0.2, 0.25) is 5.91 Å². The van der Waals surface area contributed by atoms with Crippen LogP contribution in [0.1, 0.15) is 58.2 Å². The van der Waals surface area contributed by atoms with Crippen LogP contribution in [0.2, 0.25) is 0 Å². The van der Waals surface area contributed by atoms with Crippen LogP contribution in [0.4, 0.5) is 16.3 Å². The van der Waals surface area contributed by atoms with Crippen LogP contribution in [0.3, 0.4) is 0 Å². The van der Waals surface area contributed by atoms with Gasteiger partial charge in [0, 0.05) is 29.8 Å². The number of unbranched alkanes of at least 4 members (excludes halogenated alkanes) is 2. The van der Waals surface area contributed by atoms with Crippen LogP contribution in [0.25, 0.3) is 5.69 Å².